The fraction of sp³-hybridized carbons (Fsp3) is 0.438. The Morgan fingerprint density at radius 2 is 2.25 bits per heavy atom. The minimum Gasteiger partial charge on any atom is -0.480 e. The number of hydrogen-bond donors (Lipinski definition) is 0. The predicted octanol–water partition coefficient (Wildman–Crippen LogP) is 1.42. The topological polar surface area (TPSA) is 77.7 Å². The van der Waals surface area contributed by atoms with Crippen molar-refractivity contribution in [1.82, 2.24) is 15.1 Å². The lowest BCUT2D eigenvalue weighted by molar-refractivity contribution is -0.148. The maximum atomic E-state index is 13.3. The van der Waals surface area contributed by atoms with E-state index in [1.807, 2.05) is 0 Å². The number of hydrogen-bond acceptors (Lipinski definition) is 6. The van der Waals surface area contributed by atoms with E-state index in [9.17, 15) is 9.18 Å². The molecule has 0 aliphatic carbocycles. The van der Waals surface area contributed by atoms with Gasteiger partial charge >= 0.3 is 0 Å². The first kappa shape index (κ1) is 15.1. The third-order valence-electron chi connectivity index (χ3n) is 4.21. The third-order valence-corrected chi connectivity index (χ3v) is 4.21. The molecule has 8 heteroatoms. The largest absolute Gasteiger partial charge is 0.480 e. The van der Waals surface area contributed by atoms with Crippen LogP contribution in [0.1, 0.15) is 23.4 Å². The van der Waals surface area contributed by atoms with Gasteiger partial charge in [0.25, 0.3) is 5.91 Å². The molecule has 2 aliphatic heterocycles. The van der Waals surface area contributed by atoms with Gasteiger partial charge in [-0.05, 0) is 18.2 Å². The van der Waals surface area contributed by atoms with Crippen molar-refractivity contribution in [1.29, 1.82) is 0 Å². The molecule has 1 aromatic carbocycles. The van der Waals surface area contributed by atoms with Crippen molar-refractivity contribution < 1.29 is 23.1 Å². The summed E-state index contributed by atoms with van der Waals surface area (Å²) in [6, 6.07) is 3.85. The minimum absolute atomic E-state index is 0.184. The number of amides is 1. The molecule has 0 spiro atoms. The van der Waals surface area contributed by atoms with Crippen LogP contribution < -0.4 is 4.74 Å². The van der Waals surface area contributed by atoms with Crippen LogP contribution in [0.3, 0.4) is 0 Å². The van der Waals surface area contributed by atoms with Gasteiger partial charge in [-0.2, -0.15) is 0 Å². The van der Waals surface area contributed by atoms with Crippen molar-refractivity contribution in [2.75, 3.05) is 19.8 Å². The van der Waals surface area contributed by atoms with Gasteiger partial charge in [-0.3, -0.25) is 4.79 Å². The quantitative estimate of drug-likeness (QED) is 0.827. The Labute approximate surface area is 137 Å². The Morgan fingerprint density at radius 1 is 1.38 bits per heavy atom. The first-order chi connectivity index (χ1) is 11.6. The lowest BCUT2D eigenvalue weighted by Gasteiger charge is -2.34. The number of halogens is 1. The molecular formula is C16H16FN3O4. The molecular weight excluding hydrogens is 317 g/mol. The molecule has 24 heavy (non-hydrogen) atoms. The molecule has 7 nitrogen and oxygen atoms in total. The number of rotatable bonds is 2. The first-order valence-corrected chi connectivity index (χ1v) is 7.75. The molecule has 3 heterocycles. The molecule has 1 fully saturated rings. The standard InChI is InChI=1S/C16H16FN3O4/c1-9-18-19-15(23-9)12-8-22-5-4-20(12)16(21)14-7-10-6-11(17)2-3-13(10)24-14/h2-3,6,12,14H,4-5,7-8H2,1H3/t12-,14-/m1/s1. The zero-order valence-corrected chi connectivity index (χ0v) is 13.1. The highest BCUT2D eigenvalue weighted by molar-refractivity contribution is 5.83. The Kier molecular flexibility index (Phi) is 3.68. The van der Waals surface area contributed by atoms with Gasteiger partial charge in [-0.15, -0.1) is 10.2 Å². The number of morpholine rings is 1. The summed E-state index contributed by atoms with van der Waals surface area (Å²) < 4.78 is 29.9. The highest BCUT2D eigenvalue weighted by atomic mass is 19.1. The fourth-order valence-corrected chi connectivity index (χ4v) is 3.06. The van der Waals surface area contributed by atoms with Crippen LogP contribution in [0.25, 0.3) is 0 Å². The van der Waals surface area contributed by atoms with Gasteiger partial charge in [0.15, 0.2) is 6.10 Å². The number of carbonyl (C=O) groups excluding carboxylic acids is 1. The molecule has 126 valence electrons. The number of benzene rings is 1. The molecule has 0 unspecified atom stereocenters. The van der Waals surface area contributed by atoms with E-state index in [0.717, 1.165) is 0 Å². The van der Waals surface area contributed by atoms with Crippen LogP contribution in [-0.4, -0.2) is 46.9 Å². The second-order valence-corrected chi connectivity index (χ2v) is 5.84. The van der Waals surface area contributed by atoms with Gasteiger partial charge in [0, 0.05) is 25.5 Å². The maximum absolute atomic E-state index is 13.3. The van der Waals surface area contributed by atoms with E-state index in [2.05, 4.69) is 10.2 Å². The normalized spacial score (nSPS) is 23.0. The lowest BCUT2D eigenvalue weighted by Crippen LogP contribution is -2.49. The summed E-state index contributed by atoms with van der Waals surface area (Å²) in [5.74, 6) is 0.810. The van der Waals surface area contributed by atoms with Gasteiger partial charge in [-0.25, -0.2) is 4.39 Å². The Balaban J connectivity index is 1.55. The second-order valence-electron chi connectivity index (χ2n) is 5.84. The van der Waals surface area contributed by atoms with Crippen LogP contribution in [-0.2, 0) is 16.0 Å². The molecule has 2 aliphatic rings. The van der Waals surface area contributed by atoms with E-state index >= 15 is 0 Å². The van der Waals surface area contributed by atoms with Gasteiger partial charge < -0.3 is 18.8 Å². The minimum atomic E-state index is -0.675. The molecule has 4 rings (SSSR count). The van der Waals surface area contributed by atoms with E-state index < -0.39 is 12.1 Å². The number of carbonyl (C=O) groups is 1. The van der Waals surface area contributed by atoms with Crippen LogP contribution in [0.5, 0.6) is 5.75 Å². The summed E-state index contributed by atoms with van der Waals surface area (Å²) in [6.45, 7) is 2.83. The van der Waals surface area contributed by atoms with Crippen molar-refractivity contribution in [3.8, 4) is 5.75 Å². The molecule has 1 saturated heterocycles. The summed E-state index contributed by atoms with van der Waals surface area (Å²) in [4.78, 5) is 14.5. The monoisotopic (exact) mass is 333 g/mol. The zero-order chi connectivity index (χ0) is 16.7. The van der Waals surface area contributed by atoms with Crippen molar-refractivity contribution in [3.05, 3.63) is 41.4 Å². The number of ether oxygens (including phenoxy) is 2. The number of nitrogens with zero attached hydrogens (tertiary/aromatic N) is 3. The van der Waals surface area contributed by atoms with Crippen LogP contribution in [0.15, 0.2) is 22.6 Å². The summed E-state index contributed by atoms with van der Waals surface area (Å²) in [6.07, 6.45) is -0.329. The highest BCUT2D eigenvalue weighted by Crippen LogP contribution is 2.32. The van der Waals surface area contributed by atoms with Crippen molar-refractivity contribution in [3.63, 3.8) is 0 Å². The Bertz CT molecular complexity index is 778. The maximum Gasteiger partial charge on any atom is 0.264 e. The molecule has 2 aromatic rings. The van der Waals surface area contributed by atoms with E-state index in [-0.39, 0.29) is 11.7 Å². The highest BCUT2D eigenvalue weighted by Gasteiger charge is 2.39. The van der Waals surface area contributed by atoms with Crippen LogP contribution >= 0.6 is 0 Å². The fourth-order valence-electron chi connectivity index (χ4n) is 3.06. The summed E-state index contributed by atoms with van der Waals surface area (Å²) in [5, 5.41) is 7.81. The van der Waals surface area contributed by atoms with E-state index in [1.165, 1.54) is 12.1 Å². The SMILES string of the molecule is Cc1nnc([C@H]2COCCN2C(=O)[C@H]2Cc3cc(F)ccc3O2)o1. The Morgan fingerprint density at radius 3 is 3.04 bits per heavy atom. The van der Waals surface area contributed by atoms with Crippen LogP contribution in [0, 0.1) is 12.7 Å². The van der Waals surface area contributed by atoms with Crippen LogP contribution in [0.2, 0.25) is 0 Å². The molecule has 1 aromatic heterocycles. The smallest absolute Gasteiger partial charge is 0.264 e. The molecule has 0 saturated carbocycles. The number of aromatic nitrogens is 2. The van der Waals surface area contributed by atoms with Crippen molar-refractivity contribution in [2.24, 2.45) is 0 Å². The van der Waals surface area contributed by atoms with E-state index in [0.29, 0.717) is 49.3 Å². The summed E-state index contributed by atoms with van der Waals surface area (Å²) >= 11 is 0. The molecule has 0 bridgehead atoms. The van der Waals surface area contributed by atoms with Crippen molar-refractivity contribution in [2.45, 2.75) is 25.5 Å². The van der Waals surface area contributed by atoms with Crippen LogP contribution in [0.4, 0.5) is 4.39 Å². The lowest BCUT2D eigenvalue weighted by atomic mass is 10.1. The molecule has 2 atom stereocenters. The second kappa shape index (κ2) is 5.86. The number of aryl methyl sites for hydroxylation is 1. The van der Waals surface area contributed by atoms with Gasteiger partial charge in [0.05, 0.1) is 13.2 Å². The number of fused-ring (bicyclic) bond motifs is 1. The third kappa shape index (κ3) is 2.62. The first-order valence-electron chi connectivity index (χ1n) is 7.75. The van der Waals surface area contributed by atoms with E-state index in [1.54, 1.807) is 17.9 Å². The van der Waals surface area contributed by atoms with Gasteiger partial charge in [0.2, 0.25) is 11.8 Å². The summed E-state index contributed by atoms with van der Waals surface area (Å²) in [7, 11) is 0. The van der Waals surface area contributed by atoms with E-state index in [4.69, 9.17) is 13.9 Å². The average Bonchev–Trinajstić information content (AvgIpc) is 3.20. The molecule has 0 radical (unpaired) electrons. The van der Waals surface area contributed by atoms with Gasteiger partial charge in [-0.1, -0.05) is 0 Å². The Hall–Kier alpha value is -2.48. The summed E-state index contributed by atoms with van der Waals surface area (Å²) in [5.41, 5.74) is 0.701. The van der Waals surface area contributed by atoms with Gasteiger partial charge in [0.1, 0.15) is 17.6 Å². The van der Waals surface area contributed by atoms with Crippen molar-refractivity contribution >= 4 is 5.91 Å². The molecule has 1 amide bonds. The zero-order valence-electron chi connectivity index (χ0n) is 13.1. The molecule has 0 N–H and O–H groups in total. The predicted molar refractivity (Wildman–Crippen MR) is 78.8 cm³/mol. The average molecular weight is 333 g/mol.